The first-order valence-electron chi connectivity index (χ1n) is 5.31. The van der Waals surface area contributed by atoms with Gasteiger partial charge in [-0.05, 0) is 25.1 Å². The van der Waals surface area contributed by atoms with Crippen molar-refractivity contribution in [3.05, 3.63) is 47.5 Å². The highest BCUT2D eigenvalue weighted by molar-refractivity contribution is 5.97. The smallest absolute Gasteiger partial charge is 0.214 e. The van der Waals surface area contributed by atoms with Gasteiger partial charge in [-0.25, -0.2) is 4.98 Å². The number of nitrogens with two attached hydrogens (primary N) is 1. The van der Waals surface area contributed by atoms with E-state index in [-0.39, 0.29) is 12.4 Å². The summed E-state index contributed by atoms with van der Waals surface area (Å²) in [6, 6.07) is 6.89. The summed E-state index contributed by atoms with van der Waals surface area (Å²) in [5, 5.41) is 11.6. The van der Waals surface area contributed by atoms with Crippen LogP contribution in [0, 0.1) is 6.92 Å². The van der Waals surface area contributed by atoms with Crippen LogP contribution in [0.4, 0.5) is 0 Å². The zero-order valence-electron chi connectivity index (χ0n) is 9.83. The number of aryl methyl sites for hydroxylation is 1. The Kier molecular flexibility index (Phi) is 3.47. The van der Waals surface area contributed by atoms with Crippen LogP contribution in [0.25, 0.3) is 0 Å². The molecule has 2 aromatic rings. The van der Waals surface area contributed by atoms with Gasteiger partial charge in [0.15, 0.2) is 5.84 Å². The Morgan fingerprint density at radius 3 is 3.06 bits per heavy atom. The molecule has 0 saturated carbocycles. The molecule has 0 bridgehead atoms. The third kappa shape index (κ3) is 2.79. The Labute approximate surface area is 104 Å². The van der Waals surface area contributed by atoms with Crippen LogP contribution in [0.2, 0.25) is 0 Å². The maximum Gasteiger partial charge on any atom is 0.214 e. The van der Waals surface area contributed by atoms with E-state index in [1.54, 1.807) is 37.5 Å². The molecule has 0 unspecified atom stereocenters. The van der Waals surface area contributed by atoms with Crippen molar-refractivity contribution in [1.29, 1.82) is 0 Å². The van der Waals surface area contributed by atoms with Gasteiger partial charge in [-0.2, -0.15) is 0 Å². The van der Waals surface area contributed by atoms with Gasteiger partial charge >= 0.3 is 0 Å². The molecule has 3 N–H and O–H groups in total. The van der Waals surface area contributed by atoms with Gasteiger partial charge in [0.25, 0.3) is 0 Å². The van der Waals surface area contributed by atoms with E-state index >= 15 is 0 Å². The Hall–Kier alpha value is -2.50. The number of ether oxygens (including phenoxy) is 1. The maximum absolute atomic E-state index is 8.64. The topological polar surface area (TPSA) is 93.9 Å². The number of aromatic nitrogens is 1. The molecule has 18 heavy (non-hydrogen) atoms. The number of amidine groups is 1. The van der Waals surface area contributed by atoms with Crippen molar-refractivity contribution in [3.63, 3.8) is 0 Å². The highest BCUT2D eigenvalue weighted by Crippen LogP contribution is 2.14. The van der Waals surface area contributed by atoms with Crippen LogP contribution in [0.1, 0.15) is 17.0 Å². The first-order chi connectivity index (χ1) is 8.69. The second kappa shape index (κ2) is 5.22. The summed E-state index contributed by atoms with van der Waals surface area (Å²) in [6.07, 6.45) is 1.57. The van der Waals surface area contributed by atoms with E-state index in [1.807, 2.05) is 0 Å². The van der Waals surface area contributed by atoms with E-state index < -0.39 is 0 Å². The predicted octanol–water partition coefficient (Wildman–Crippen LogP) is 1.66. The van der Waals surface area contributed by atoms with Crippen molar-refractivity contribution in [1.82, 2.24) is 4.98 Å². The zero-order valence-corrected chi connectivity index (χ0v) is 9.83. The number of nitrogens with zero attached hydrogens (tertiary/aromatic N) is 2. The summed E-state index contributed by atoms with van der Waals surface area (Å²) in [6.45, 7) is 2.08. The number of oxime groups is 1. The molecule has 2 aromatic heterocycles. The Morgan fingerprint density at radius 1 is 1.56 bits per heavy atom. The standard InChI is InChI=1S/C12H13N3O3/c1-8-5-9(12(13)15-16)6-11(14-8)18-7-10-3-2-4-17-10/h2-6,16H,7H2,1H3,(H2,13,15). The van der Waals surface area contributed by atoms with Gasteiger partial charge in [0.2, 0.25) is 5.88 Å². The minimum absolute atomic E-state index is 0.0170. The molecule has 0 atom stereocenters. The Bertz CT molecular complexity index is 550. The SMILES string of the molecule is Cc1cc(/C(N)=N/O)cc(OCc2ccco2)n1. The van der Waals surface area contributed by atoms with E-state index in [0.29, 0.717) is 22.9 Å². The molecular formula is C12H13N3O3. The minimum Gasteiger partial charge on any atom is -0.469 e. The lowest BCUT2D eigenvalue weighted by molar-refractivity contribution is 0.260. The third-order valence-corrected chi connectivity index (χ3v) is 2.28. The van der Waals surface area contributed by atoms with Gasteiger partial charge in [0, 0.05) is 17.3 Å². The summed E-state index contributed by atoms with van der Waals surface area (Å²) < 4.78 is 10.6. The molecule has 6 heteroatoms. The van der Waals surface area contributed by atoms with E-state index in [1.165, 1.54) is 0 Å². The largest absolute Gasteiger partial charge is 0.469 e. The minimum atomic E-state index is 0.0170. The fourth-order valence-electron chi connectivity index (χ4n) is 1.46. The van der Waals surface area contributed by atoms with Gasteiger partial charge in [-0.3, -0.25) is 0 Å². The molecule has 0 radical (unpaired) electrons. The van der Waals surface area contributed by atoms with E-state index in [9.17, 15) is 0 Å². The fourth-order valence-corrected chi connectivity index (χ4v) is 1.46. The van der Waals surface area contributed by atoms with Crippen LogP contribution < -0.4 is 10.5 Å². The summed E-state index contributed by atoms with van der Waals surface area (Å²) in [5.41, 5.74) is 6.79. The van der Waals surface area contributed by atoms with Crippen LogP contribution in [-0.2, 0) is 6.61 Å². The number of hydrogen-bond donors (Lipinski definition) is 2. The molecule has 0 aliphatic heterocycles. The van der Waals surface area contributed by atoms with E-state index in [4.69, 9.17) is 20.1 Å². The number of hydrogen-bond acceptors (Lipinski definition) is 5. The molecule has 2 heterocycles. The van der Waals surface area contributed by atoms with Crippen molar-refractivity contribution >= 4 is 5.84 Å². The Balaban J connectivity index is 2.15. The van der Waals surface area contributed by atoms with Gasteiger partial charge in [-0.1, -0.05) is 5.16 Å². The second-order valence-electron chi connectivity index (χ2n) is 3.69. The molecule has 6 nitrogen and oxygen atoms in total. The molecule has 0 aliphatic carbocycles. The van der Waals surface area contributed by atoms with Gasteiger partial charge in [-0.15, -0.1) is 0 Å². The molecule has 2 rings (SSSR count). The number of rotatable bonds is 4. The molecule has 0 amide bonds. The molecule has 0 spiro atoms. The van der Waals surface area contributed by atoms with E-state index in [2.05, 4.69) is 10.1 Å². The lowest BCUT2D eigenvalue weighted by Gasteiger charge is -2.06. The number of furan rings is 1. The van der Waals surface area contributed by atoms with E-state index in [0.717, 1.165) is 0 Å². The Morgan fingerprint density at radius 2 is 2.39 bits per heavy atom. The lowest BCUT2D eigenvalue weighted by atomic mass is 10.2. The molecule has 0 aliphatic rings. The zero-order chi connectivity index (χ0) is 13.0. The van der Waals surface area contributed by atoms with Gasteiger partial charge in [0.05, 0.1) is 6.26 Å². The molecule has 0 fully saturated rings. The summed E-state index contributed by atoms with van der Waals surface area (Å²) in [7, 11) is 0. The van der Waals surface area contributed by atoms with Crippen LogP contribution in [0.3, 0.4) is 0 Å². The lowest BCUT2D eigenvalue weighted by Crippen LogP contribution is -2.14. The molecule has 0 saturated heterocycles. The van der Waals surface area contributed by atoms with Crippen molar-refractivity contribution < 1.29 is 14.4 Å². The predicted molar refractivity (Wildman–Crippen MR) is 64.5 cm³/mol. The highest BCUT2D eigenvalue weighted by atomic mass is 16.5. The van der Waals surface area contributed by atoms with Crippen LogP contribution in [0.15, 0.2) is 40.1 Å². The third-order valence-electron chi connectivity index (χ3n) is 2.28. The monoisotopic (exact) mass is 247 g/mol. The van der Waals surface area contributed by atoms with Crippen LogP contribution >= 0.6 is 0 Å². The normalized spacial score (nSPS) is 11.5. The molecular weight excluding hydrogens is 234 g/mol. The van der Waals surface area contributed by atoms with Crippen molar-refractivity contribution in [2.45, 2.75) is 13.5 Å². The first-order valence-corrected chi connectivity index (χ1v) is 5.31. The average Bonchev–Trinajstić information content (AvgIpc) is 2.88. The quantitative estimate of drug-likeness (QED) is 0.371. The number of pyridine rings is 1. The summed E-state index contributed by atoms with van der Waals surface area (Å²) in [5.74, 6) is 1.11. The van der Waals surface area contributed by atoms with Crippen molar-refractivity contribution in [3.8, 4) is 5.88 Å². The summed E-state index contributed by atoms with van der Waals surface area (Å²) >= 11 is 0. The van der Waals surface area contributed by atoms with Crippen LogP contribution in [-0.4, -0.2) is 16.0 Å². The summed E-state index contributed by atoms with van der Waals surface area (Å²) in [4.78, 5) is 4.19. The van der Waals surface area contributed by atoms with Crippen LogP contribution in [0.5, 0.6) is 5.88 Å². The average molecular weight is 247 g/mol. The molecule has 0 aromatic carbocycles. The van der Waals surface area contributed by atoms with Gasteiger partial charge in [0.1, 0.15) is 12.4 Å². The highest BCUT2D eigenvalue weighted by Gasteiger charge is 2.06. The fraction of sp³-hybridized carbons (Fsp3) is 0.167. The molecule has 94 valence electrons. The van der Waals surface area contributed by atoms with Crippen molar-refractivity contribution in [2.75, 3.05) is 0 Å². The van der Waals surface area contributed by atoms with Crippen molar-refractivity contribution in [2.24, 2.45) is 10.9 Å². The first kappa shape index (κ1) is 12.0. The van der Waals surface area contributed by atoms with Gasteiger partial charge < -0.3 is 20.1 Å². The second-order valence-corrected chi connectivity index (χ2v) is 3.69. The maximum atomic E-state index is 8.64.